The van der Waals surface area contributed by atoms with Crippen LogP contribution < -0.4 is 5.32 Å². The van der Waals surface area contributed by atoms with E-state index >= 15 is 0 Å². The zero-order valence-electron chi connectivity index (χ0n) is 11.7. The Morgan fingerprint density at radius 1 is 1.11 bits per heavy atom. The summed E-state index contributed by atoms with van der Waals surface area (Å²) in [5, 5.41) is 2.94. The molecule has 1 N–H and O–H groups in total. The molecule has 19 heavy (non-hydrogen) atoms. The van der Waals surface area contributed by atoms with Crippen molar-refractivity contribution in [1.29, 1.82) is 0 Å². The molecule has 0 saturated carbocycles. The van der Waals surface area contributed by atoms with Crippen LogP contribution in [-0.4, -0.2) is 16.5 Å². The largest absolute Gasteiger partial charge is 0.368 e. The molecule has 100 valence electrons. The predicted octanol–water partition coefficient (Wildman–Crippen LogP) is 3.64. The molecule has 1 aromatic heterocycles. The fourth-order valence-electron chi connectivity index (χ4n) is 2.12. The van der Waals surface area contributed by atoms with E-state index in [1.54, 1.807) is 6.92 Å². The smallest absolute Gasteiger partial charge is 0.186 e. The minimum atomic E-state index is -0.378. The van der Waals surface area contributed by atoms with Crippen molar-refractivity contribution >= 4 is 5.82 Å². The Hall–Kier alpha value is -1.97. The van der Waals surface area contributed by atoms with E-state index in [0.717, 1.165) is 16.7 Å². The van der Waals surface area contributed by atoms with Gasteiger partial charge in [-0.15, -0.1) is 0 Å². The van der Waals surface area contributed by atoms with E-state index in [2.05, 4.69) is 15.3 Å². The maximum absolute atomic E-state index is 13.9. The standard InChI is InChI=1S/C15H18FN3/c1-5-17-15-13(16)11(4)18-14(19-15)12-9(2)7-6-8-10(12)3/h6-8H,5H2,1-4H3,(H,17,18,19). The summed E-state index contributed by atoms with van der Waals surface area (Å²) < 4.78 is 13.9. The Balaban J connectivity index is 2.63. The van der Waals surface area contributed by atoms with Gasteiger partial charge in [0.1, 0.15) is 0 Å². The van der Waals surface area contributed by atoms with E-state index < -0.39 is 0 Å². The fourth-order valence-corrected chi connectivity index (χ4v) is 2.12. The summed E-state index contributed by atoms with van der Waals surface area (Å²) in [5.74, 6) is 0.468. The van der Waals surface area contributed by atoms with Crippen molar-refractivity contribution in [3.63, 3.8) is 0 Å². The number of rotatable bonds is 3. The molecule has 1 heterocycles. The van der Waals surface area contributed by atoms with Crippen LogP contribution in [0.15, 0.2) is 18.2 Å². The van der Waals surface area contributed by atoms with E-state index in [-0.39, 0.29) is 11.6 Å². The van der Waals surface area contributed by atoms with E-state index in [0.29, 0.717) is 18.1 Å². The first-order valence-corrected chi connectivity index (χ1v) is 6.39. The first-order chi connectivity index (χ1) is 9.04. The summed E-state index contributed by atoms with van der Waals surface area (Å²) in [6.45, 7) is 8.22. The zero-order valence-corrected chi connectivity index (χ0v) is 11.7. The quantitative estimate of drug-likeness (QED) is 0.914. The maximum atomic E-state index is 13.9. The molecule has 0 unspecified atom stereocenters. The van der Waals surface area contributed by atoms with Gasteiger partial charge in [0.2, 0.25) is 0 Å². The van der Waals surface area contributed by atoms with Crippen molar-refractivity contribution in [3.8, 4) is 11.4 Å². The number of hydrogen-bond donors (Lipinski definition) is 1. The molecule has 0 saturated heterocycles. The van der Waals surface area contributed by atoms with E-state index in [4.69, 9.17) is 0 Å². The van der Waals surface area contributed by atoms with Gasteiger partial charge in [-0.3, -0.25) is 0 Å². The van der Waals surface area contributed by atoms with Gasteiger partial charge in [0.25, 0.3) is 0 Å². The molecule has 2 rings (SSSR count). The van der Waals surface area contributed by atoms with Gasteiger partial charge < -0.3 is 5.32 Å². The Labute approximate surface area is 112 Å². The molecule has 0 aliphatic heterocycles. The zero-order chi connectivity index (χ0) is 14.0. The van der Waals surface area contributed by atoms with Crippen LogP contribution in [0, 0.1) is 26.6 Å². The van der Waals surface area contributed by atoms with Crippen LogP contribution in [0.2, 0.25) is 0 Å². The molecular formula is C15H18FN3. The Bertz CT molecular complexity index is 588. The molecule has 4 heteroatoms. The second-order valence-electron chi connectivity index (χ2n) is 4.59. The molecule has 0 amide bonds. The van der Waals surface area contributed by atoms with Crippen molar-refractivity contribution in [2.24, 2.45) is 0 Å². The number of aryl methyl sites for hydroxylation is 3. The highest BCUT2D eigenvalue weighted by Crippen LogP contribution is 2.26. The van der Waals surface area contributed by atoms with Crippen molar-refractivity contribution in [2.45, 2.75) is 27.7 Å². The third-order valence-electron chi connectivity index (χ3n) is 3.07. The molecule has 0 spiro atoms. The van der Waals surface area contributed by atoms with Crippen molar-refractivity contribution in [1.82, 2.24) is 9.97 Å². The molecule has 0 bridgehead atoms. The minimum Gasteiger partial charge on any atom is -0.368 e. The van der Waals surface area contributed by atoms with Gasteiger partial charge >= 0.3 is 0 Å². The summed E-state index contributed by atoms with van der Waals surface area (Å²) >= 11 is 0. The molecular weight excluding hydrogens is 241 g/mol. The number of aromatic nitrogens is 2. The molecule has 0 aliphatic carbocycles. The highest BCUT2D eigenvalue weighted by molar-refractivity contribution is 5.65. The van der Waals surface area contributed by atoms with E-state index in [1.165, 1.54) is 0 Å². The minimum absolute atomic E-state index is 0.271. The number of benzene rings is 1. The molecule has 0 radical (unpaired) electrons. The number of halogens is 1. The summed E-state index contributed by atoms with van der Waals surface area (Å²) in [5.41, 5.74) is 3.52. The molecule has 0 atom stereocenters. The van der Waals surface area contributed by atoms with Crippen LogP contribution >= 0.6 is 0 Å². The lowest BCUT2D eigenvalue weighted by Gasteiger charge is -2.12. The molecule has 0 fully saturated rings. The van der Waals surface area contributed by atoms with Crippen LogP contribution in [0.4, 0.5) is 10.2 Å². The van der Waals surface area contributed by atoms with Gasteiger partial charge in [0.15, 0.2) is 17.5 Å². The Morgan fingerprint density at radius 3 is 2.32 bits per heavy atom. The van der Waals surface area contributed by atoms with Crippen molar-refractivity contribution in [3.05, 3.63) is 40.8 Å². The third-order valence-corrected chi connectivity index (χ3v) is 3.07. The summed E-state index contributed by atoms with van der Waals surface area (Å²) in [6.07, 6.45) is 0. The van der Waals surface area contributed by atoms with Crippen LogP contribution in [0.3, 0.4) is 0 Å². The van der Waals surface area contributed by atoms with E-state index in [1.807, 2.05) is 39.0 Å². The maximum Gasteiger partial charge on any atom is 0.186 e. The van der Waals surface area contributed by atoms with Gasteiger partial charge in [-0.2, -0.15) is 0 Å². The topological polar surface area (TPSA) is 37.8 Å². The summed E-state index contributed by atoms with van der Waals surface area (Å²) in [7, 11) is 0. The second-order valence-corrected chi connectivity index (χ2v) is 4.59. The number of anilines is 1. The summed E-state index contributed by atoms with van der Waals surface area (Å²) in [6, 6.07) is 6.02. The number of hydrogen-bond acceptors (Lipinski definition) is 3. The first-order valence-electron chi connectivity index (χ1n) is 6.39. The fraction of sp³-hybridized carbons (Fsp3) is 0.333. The van der Waals surface area contributed by atoms with Crippen LogP contribution in [0.25, 0.3) is 11.4 Å². The van der Waals surface area contributed by atoms with Crippen LogP contribution in [0.1, 0.15) is 23.7 Å². The lowest BCUT2D eigenvalue weighted by Crippen LogP contribution is -2.07. The summed E-state index contributed by atoms with van der Waals surface area (Å²) in [4.78, 5) is 8.60. The number of nitrogens with one attached hydrogen (secondary N) is 1. The first kappa shape index (κ1) is 13.5. The predicted molar refractivity (Wildman–Crippen MR) is 75.8 cm³/mol. The number of nitrogens with zero attached hydrogens (tertiary/aromatic N) is 2. The molecule has 3 nitrogen and oxygen atoms in total. The highest BCUT2D eigenvalue weighted by atomic mass is 19.1. The molecule has 2 aromatic rings. The average Bonchev–Trinajstić information content (AvgIpc) is 2.35. The monoisotopic (exact) mass is 259 g/mol. The van der Waals surface area contributed by atoms with Gasteiger partial charge in [-0.1, -0.05) is 18.2 Å². The van der Waals surface area contributed by atoms with E-state index in [9.17, 15) is 4.39 Å². The van der Waals surface area contributed by atoms with Crippen molar-refractivity contribution in [2.75, 3.05) is 11.9 Å². The third kappa shape index (κ3) is 2.57. The Morgan fingerprint density at radius 2 is 1.74 bits per heavy atom. The van der Waals surface area contributed by atoms with Gasteiger partial charge in [-0.05, 0) is 38.8 Å². The highest BCUT2D eigenvalue weighted by Gasteiger charge is 2.14. The van der Waals surface area contributed by atoms with Crippen LogP contribution in [-0.2, 0) is 0 Å². The van der Waals surface area contributed by atoms with Gasteiger partial charge in [0, 0.05) is 12.1 Å². The molecule has 0 aliphatic rings. The van der Waals surface area contributed by atoms with Crippen molar-refractivity contribution < 1.29 is 4.39 Å². The average molecular weight is 259 g/mol. The van der Waals surface area contributed by atoms with Gasteiger partial charge in [-0.25, -0.2) is 14.4 Å². The Kier molecular flexibility index (Phi) is 3.79. The normalized spacial score (nSPS) is 10.6. The molecule has 1 aromatic carbocycles. The van der Waals surface area contributed by atoms with Gasteiger partial charge in [0.05, 0.1) is 5.69 Å². The van der Waals surface area contributed by atoms with Crippen LogP contribution in [0.5, 0.6) is 0 Å². The second kappa shape index (κ2) is 5.34. The SMILES string of the molecule is CCNc1nc(-c2c(C)cccc2C)nc(C)c1F. The lowest BCUT2D eigenvalue weighted by molar-refractivity contribution is 0.606. The lowest BCUT2D eigenvalue weighted by atomic mass is 10.0.